The number of carboxylic acids is 1. The summed E-state index contributed by atoms with van der Waals surface area (Å²) in [6, 6.07) is 0. The fourth-order valence-corrected chi connectivity index (χ4v) is 1.57. The van der Waals surface area contributed by atoms with E-state index in [1.807, 2.05) is 0 Å². The first-order valence-corrected chi connectivity index (χ1v) is 4.81. The van der Waals surface area contributed by atoms with Crippen LogP contribution in [-0.4, -0.2) is 25.2 Å². The van der Waals surface area contributed by atoms with Crippen molar-refractivity contribution < 1.29 is 23.1 Å². The van der Waals surface area contributed by atoms with Crippen molar-refractivity contribution in [1.82, 2.24) is 14.1 Å². The Kier molecular flexibility index (Phi) is 2.64. The predicted molar refractivity (Wildman–Crippen MR) is 54.5 cm³/mol. The lowest BCUT2D eigenvalue weighted by atomic mass is 10.2. The lowest BCUT2D eigenvalue weighted by molar-refractivity contribution is -0.138. The van der Waals surface area contributed by atoms with Crippen molar-refractivity contribution in [2.24, 2.45) is 7.05 Å². The van der Waals surface area contributed by atoms with E-state index in [0.29, 0.717) is 6.20 Å². The van der Waals surface area contributed by atoms with Crippen LogP contribution in [0.4, 0.5) is 13.2 Å². The van der Waals surface area contributed by atoms with Crippen LogP contribution in [0.5, 0.6) is 0 Å². The van der Waals surface area contributed by atoms with E-state index in [1.165, 1.54) is 10.8 Å². The smallest absolute Gasteiger partial charge is 0.418 e. The first-order valence-electron chi connectivity index (χ1n) is 4.81. The number of imidazole rings is 1. The molecule has 0 atom stereocenters. The third-order valence-electron chi connectivity index (χ3n) is 2.39. The third-order valence-corrected chi connectivity index (χ3v) is 2.39. The Balaban J connectivity index is 2.60. The Bertz CT molecular complexity index is 598. The molecule has 2 rings (SSSR count). The Morgan fingerprint density at radius 1 is 1.39 bits per heavy atom. The molecule has 5 nitrogen and oxygen atoms in total. The number of aryl methyl sites for hydroxylation is 1. The van der Waals surface area contributed by atoms with Gasteiger partial charge in [0.1, 0.15) is 0 Å². The van der Waals surface area contributed by atoms with Crippen LogP contribution in [0.2, 0.25) is 0 Å². The number of halogens is 3. The second-order valence-electron chi connectivity index (χ2n) is 3.63. The zero-order valence-corrected chi connectivity index (χ0v) is 9.14. The summed E-state index contributed by atoms with van der Waals surface area (Å²) in [5.41, 5.74) is -2.00. The number of hydrogen-bond acceptors (Lipinski definition) is 2. The maximum Gasteiger partial charge on any atom is 0.418 e. The number of aromatic carboxylic acids is 1. The second-order valence-corrected chi connectivity index (χ2v) is 3.63. The van der Waals surface area contributed by atoms with E-state index in [1.54, 1.807) is 13.2 Å². The fraction of sp³-hybridized carbons (Fsp3) is 0.200. The lowest BCUT2D eigenvalue weighted by Crippen LogP contribution is -2.09. The standard InChI is InChI=1S/C10H8F3N3O2/c1-15-3-2-14-9(15)16-4-6(8(17)18)7(5-16)10(11,12)13/h2-5H,1H3,(H,17,18). The summed E-state index contributed by atoms with van der Waals surface area (Å²) in [6.45, 7) is 0. The number of alkyl halides is 3. The molecule has 0 fully saturated rings. The molecule has 96 valence electrons. The number of rotatable bonds is 2. The molecule has 0 aliphatic heterocycles. The van der Waals surface area contributed by atoms with Gasteiger partial charge in [-0.25, -0.2) is 9.78 Å². The highest BCUT2D eigenvalue weighted by atomic mass is 19.4. The third kappa shape index (κ3) is 1.96. The maximum absolute atomic E-state index is 12.7. The average Bonchev–Trinajstić information content (AvgIpc) is 2.81. The average molecular weight is 259 g/mol. The number of hydrogen-bond donors (Lipinski definition) is 1. The first kappa shape index (κ1) is 12.2. The van der Waals surface area contributed by atoms with Gasteiger partial charge in [-0.2, -0.15) is 13.2 Å². The summed E-state index contributed by atoms with van der Waals surface area (Å²) in [5, 5.41) is 8.77. The molecule has 0 radical (unpaired) electrons. The van der Waals surface area contributed by atoms with E-state index in [2.05, 4.69) is 4.98 Å². The molecule has 2 heterocycles. The highest BCUT2D eigenvalue weighted by molar-refractivity contribution is 5.89. The van der Waals surface area contributed by atoms with Gasteiger partial charge in [-0.3, -0.25) is 4.57 Å². The largest absolute Gasteiger partial charge is 0.478 e. The van der Waals surface area contributed by atoms with Crippen molar-refractivity contribution in [3.63, 3.8) is 0 Å². The van der Waals surface area contributed by atoms with Crippen LogP contribution in [-0.2, 0) is 13.2 Å². The summed E-state index contributed by atoms with van der Waals surface area (Å²) < 4.78 is 40.5. The van der Waals surface area contributed by atoms with E-state index in [0.717, 1.165) is 10.8 Å². The van der Waals surface area contributed by atoms with Gasteiger partial charge in [0, 0.05) is 31.8 Å². The molecular formula is C10H8F3N3O2. The molecule has 0 bridgehead atoms. The zero-order valence-electron chi connectivity index (χ0n) is 9.14. The van der Waals surface area contributed by atoms with Crippen molar-refractivity contribution in [3.05, 3.63) is 35.9 Å². The van der Waals surface area contributed by atoms with Crippen LogP contribution in [0, 0.1) is 0 Å². The highest BCUT2D eigenvalue weighted by Crippen LogP contribution is 2.33. The summed E-state index contributed by atoms with van der Waals surface area (Å²) in [4.78, 5) is 14.6. The summed E-state index contributed by atoms with van der Waals surface area (Å²) in [6.07, 6.45) is -0.157. The summed E-state index contributed by atoms with van der Waals surface area (Å²) in [7, 11) is 1.59. The van der Waals surface area contributed by atoms with E-state index >= 15 is 0 Å². The second kappa shape index (κ2) is 3.90. The van der Waals surface area contributed by atoms with Gasteiger partial charge in [-0.1, -0.05) is 0 Å². The topological polar surface area (TPSA) is 60.0 Å². The summed E-state index contributed by atoms with van der Waals surface area (Å²) in [5.74, 6) is -1.43. The molecule has 0 aliphatic rings. The van der Waals surface area contributed by atoms with Gasteiger partial charge in [-0.15, -0.1) is 0 Å². The van der Waals surface area contributed by atoms with Gasteiger partial charge in [0.25, 0.3) is 0 Å². The number of aromatic nitrogens is 3. The Morgan fingerprint density at radius 2 is 2.06 bits per heavy atom. The number of carboxylic acid groups (broad SMARTS) is 1. The fourth-order valence-electron chi connectivity index (χ4n) is 1.57. The molecule has 0 aliphatic carbocycles. The van der Waals surface area contributed by atoms with Crippen LogP contribution in [0.15, 0.2) is 24.8 Å². The molecule has 0 spiro atoms. The van der Waals surface area contributed by atoms with E-state index in [9.17, 15) is 18.0 Å². The molecule has 2 aromatic rings. The molecule has 2 aromatic heterocycles. The number of nitrogens with zero attached hydrogens (tertiary/aromatic N) is 3. The molecule has 0 aromatic carbocycles. The molecule has 8 heteroatoms. The minimum atomic E-state index is -4.72. The van der Waals surface area contributed by atoms with E-state index in [4.69, 9.17) is 5.11 Å². The quantitative estimate of drug-likeness (QED) is 0.896. The SMILES string of the molecule is Cn1ccnc1-n1cc(C(=O)O)c(C(F)(F)F)c1. The molecule has 0 amide bonds. The van der Waals surface area contributed by atoms with Crippen LogP contribution in [0.25, 0.3) is 5.95 Å². The Morgan fingerprint density at radius 3 is 2.44 bits per heavy atom. The van der Waals surface area contributed by atoms with Gasteiger partial charge in [0.2, 0.25) is 5.95 Å². The van der Waals surface area contributed by atoms with Gasteiger partial charge in [-0.05, 0) is 0 Å². The number of carbonyl (C=O) groups is 1. The molecule has 18 heavy (non-hydrogen) atoms. The molecule has 0 saturated heterocycles. The van der Waals surface area contributed by atoms with Crippen molar-refractivity contribution in [2.75, 3.05) is 0 Å². The molecule has 1 N–H and O–H groups in total. The Labute approximate surface area is 99.1 Å². The maximum atomic E-state index is 12.7. The monoisotopic (exact) mass is 259 g/mol. The van der Waals surface area contributed by atoms with Crippen LogP contribution >= 0.6 is 0 Å². The van der Waals surface area contributed by atoms with Gasteiger partial charge in [0.15, 0.2) is 0 Å². The highest BCUT2D eigenvalue weighted by Gasteiger charge is 2.37. The van der Waals surface area contributed by atoms with Crippen molar-refractivity contribution in [2.45, 2.75) is 6.18 Å². The van der Waals surface area contributed by atoms with E-state index in [-0.39, 0.29) is 5.95 Å². The molecular weight excluding hydrogens is 251 g/mol. The van der Waals surface area contributed by atoms with Crippen LogP contribution in [0.3, 0.4) is 0 Å². The summed E-state index contributed by atoms with van der Waals surface area (Å²) >= 11 is 0. The Hall–Kier alpha value is -2.25. The molecule has 0 unspecified atom stereocenters. The van der Waals surface area contributed by atoms with Gasteiger partial charge < -0.3 is 9.67 Å². The van der Waals surface area contributed by atoms with Crippen LogP contribution in [0.1, 0.15) is 15.9 Å². The van der Waals surface area contributed by atoms with Crippen LogP contribution < -0.4 is 0 Å². The first-order chi connectivity index (χ1) is 8.30. The van der Waals surface area contributed by atoms with Gasteiger partial charge >= 0.3 is 12.1 Å². The minimum absolute atomic E-state index is 0.202. The predicted octanol–water partition coefficient (Wildman–Crippen LogP) is 1.93. The normalized spacial score (nSPS) is 11.8. The lowest BCUT2D eigenvalue weighted by Gasteiger charge is -2.04. The zero-order chi connectivity index (χ0) is 13.5. The van der Waals surface area contributed by atoms with Crippen molar-refractivity contribution in [1.29, 1.82) is 0 Å². The van der Waals surface area contributed by atoms with Gasteiger partial charge in [0.05, 0.1) is 11.1 Å². The van der Waals surface area contributed by atoms with Crippen molar-refractivity contribution >= 4 is 5.97 Å². The minimum Gasteiger partial charge on any atom is -0.478 e. The van der Waals surface area contributed by atoms with Crippen molar-refractivity contribution in [3.8, 4) is 5.95 Å². The molecule has 0 saturated carbocycles. The van der Waals surface area contributed by atoms with E-state index < -0.39 is 23.3 Å².